The summed E-state index contributed by atoms with van der Waals surface area (Å²) in [5, 5.41) is 0. The van der Waals surface area contributed by atoms with Gasteiger partial charge in [-0.2, -0.15) is 0 Å². The van der Waals surface area contributed by atoms with Crippen molar-refractivity contribution in [3.8, 4) is 0 Å². The Morgan fingerprint density at radius 1 is 1.21 bits per heavy atom. The predicted molar refractivity (Wildman–Crippen MR) is 100 cm³/mol. The molecule has 1 heterocycles. The molecule has 0 bridgehead atoms. The second kappa shape index (κ2) is 8.36. The minimum Gasteiger partial charge on any atom is -0.443 e. The molecule has 2 rings (SSSR count). The maximum Gasteiger partial charge on any atom is 0.410 e. The fourth-order valence-electron chi connectivity index (χ4n) is 2.74. The molecule has 0 aliphatic carbocycles. The molecule has 0 N–H and O–H groups in total. The normalized spacial score (nSPS) is 15.2. The van der Waals surface area contributed by atoms with E-state index in [1.807, 2.05) is 20.8 Å². The Morgan fingerprint density at radius 3 is 2.46 bits per heavy atom. The summed E-state index contributed by atoms with van der Waals surface area (Å²) in [4.78, 5) is 14.0. The Labute approximate surface area is 146 Å². The Kier molecular flexibility index (Phi) is 6.47. The maximum absolute atomic E-state index is 12.2. The van der Waals surface area contributed by atoms with Crippen molar-refractivity contribution in [2.75, 3.05) is 13.1 Å². The van der Waals surface area contributed by atoms with Crippen LogP contribution in [0.5, 0.6) is 0 Å². The van der Waals surface area contributed by atoms with Crippen LogP contribution in [0.3, 0.4) is 0 Å². The van der Waals surface area contributed by atoms with Crippen molar-refractivity contribution in [3.05, 3.63) is 41.5 Å². The molecular weight excluding hydrogens is 298 g/mol. The van der Waals surface area contributed by atoms with Crippen molar-refractivity contribution in [1.82, 2.24) is 4.90 Å². The van der Waals surface area contributed by atoms with Gasteiger partial charge in [0.1, 0.15) is 5.60 Å². The molecule has 1 aromatic rings. The van der Waals surface area contributed by atoms with Crippen LogP contribution in [0, 0.1) is 0 Å². The molecule has 0 fully saturated rings. The number of nitrogens with zero attached hydrogens (tertiary/aromatic N) is 1. The van der Waals surface area contributed by atoms with Gasteiger partial charge in [0.2, 0.25) is 0 Å². The first-order valence-electron chi connectivity index (χ1n) is 9.21. The highest BCUT2D eigenvalue weighted by atomic mass is 16.6. The Morgan fingerprint density at radius 2 is 1.92 bits per heavy atom. The van der Waals surface area contributed by atoms with Crippen molar-refractivity contribution in [2.24, 2.45) is 0 Å². The monoisotopic (exact) mass is 329 g/mol. The highest BCUT2D eigenvalue weighted by Gasteiger charge is 2.25. The van der Waals surface area contributed by atoms with Crippen LogP contribution in [0.2, 0.25) is 0 Å². The highest BCUT2D eigenvalue weighted by Crippen LogP contribution is 2.24. The number of aryl methyl sites for hydroxylation is 1. The molecule has 0 radical (unpaired) electrons. The van der Waals surface area contributed by atoms with E-state index >= 15 is 0 Å². The van der Waals surface area contributed by atoms with Crippen LogP contribution in [0.1, 0.15) is 64.5 Å². The summed E-state index contributed by atoms with van der Waals surface area (Å²) in [7, 11) is 0. The molecule has 0 unspecified atom stereocenters. The van der Waals surface area contributed by atoms with Crippen LogP contribution >= 0.6 is 0 Å². The topological polar surface area (TPSA) is 29.5 Å². The van der Waals surface area contributed by atoms with Crippen LogP contribution in [0.4, 0.5) is 4.79 Å². The van der Waals surface area contributed by atoms with E-state index in [9.17, 15) is 4.79 Å². The number of carbonyl (C=O) groups is 1. The molecule has 0 saturated heterocycles. The van der Waals surface area contributed by atoms with Crippen molar-refractivity contribution >= 4 is 11.7 Å². The average Bonchev–Trinajstić information content (AvgIpc) is 2.60. The van der Waals surface area contributed by atoms with Gasteiger partial charge in [0.15, 0.2) is 0 Å². The van der Waals surface area contributed by atoms with Gasteiger partial charge in [-0.15, -0.1) is 0 Å². The van der Waals surface area contributed by atoms with E-state index in [1.54, 1.807) is 4.90 Å². The van der Waals surface area contributed by atoms with Gasteiger partial charge in [0.05, 0.1) is 0 Å². The lowest BCUT2D eigenvalue weighted by Crippen LogP contribution is -2.39. The summed E-state index contributed by atoms with van der Waals surface area (Å²) in [6.45, 7) is 9.52. The zero-order valence-electron chi connectivity index (χ0n) is 15.6. The standard InChI is InChI=1S/C21H31NO2/c1-5-7-8-17-9-11-18(12-10-17)19-13-15-22(16-14-19)20(23)24-21(3,4)6-2/h9-13H,5-8,14-16H2,1-4H3. The number of ether oxygens (including phenoxy) is 1. The van der Waals surface area contributed by atoms with E-state index in [0.717, 1.165) is 25.8 Å². The van der Waals surface area contributed by atoms with Crippen molar-refractivity contribution in [1.29, 1.82) is 0 Å². The van der Waals surface area contributed by atoms with E-state index in [1.165, 1.54) is 29.5 Å². The summed E-state index contributed by atoms with van der Waals surface area (Å²) >= 11 is 0. The van der Waals surface area contributed by atoms with Gasteiger partial charge in [0, 0.05) is 13.1 Å². The van der Waals surface area contributed by atoms with Gasteiger partial charge in [-0.05, 0) is 56.2 Å². The number of unbranched alkanes of at least 4 members (excludes halogenated alkanes) is 1. The van der Waals surface area contributed by atoms with Gasteiger partial charge in [-0.3, -0.25) is 0 Å². The van der Waals surface area contributed by atoms with Crippen LogP contribution in [-0.2, 0) is 11.2 Å². The molecule has 3 heteroatoms. The number of benzene rings is 1. The molecule has 132 valence electrons. The SMILES string of the molecule is CCCCc1ccc(C2=CCN(C(=O)OC(C)(C)CC)CC2)cc1. The molecule has 1 aromatic carbocycles. The zero-order valence-corrected chi connectivity index (χ0v) is 15.6. The molecule has 1 aliphatic heterocycles. The first-order chi connectivity index (χ1) is 11.4. The number of hydrogen-bond acceptors (Lipinski definition) is 2. The fraction of sp³-hybridized carbons (Fsp3) is 0.571. The van der Waals surface area contributed by atoms with E-state index in [2.05, 4.69) is 37.3 Å². The summed E-state index contributed by atoms with van der Waals surface area (Å²) in [6.07, 6.45) is 7.29. The fourth-order valence-corrected chi connectivity index (χ4v) is 2.74. The van der Waals surface area contributed by atoms with Gasteiger partial charge in [-0.25, -0.2) is 4.79 Å². The molecule has 24 heavy (non-hydrogen) atoms. The molecule has 0 saturated carbocycles. The first kappa shape index (κ1) is 18.6. The lowest BCUT2D eigenvalue weighted by atomic mass is 9.97. The van der Waals surface area contributed by atoms with Crippen LogP contribution < -0.4 is 0 Å². The van der Waals surface area contributed by atoms with Crippen LogP contribution in [-0.4, -0.2) is 29.7 Å². The number of carbonyl (C=O) groups excluding carboxylic acids is 1. The van der Waals surface area contributed by atoms with Crippen molar-refractivity contribution < 1.29 is 9.53 Å². The maximum atomic E-state index is 12.2. The third-order valence-electron chi connectivity index (χ3n) is 4.83. The molecular formula is C21H31NO2. The minimum atomic E-state index is -0.393. The third kappa shape index (κ3) is 5.12. The van der Waals surface area contributed by atoms with Crippen LogP contribution in [0.15, 0.2) is 30.3 Å². The Hall–Kier alpha value is -1.77. The number of rotatable bonds is 6. The molecule has 1 aliphatic rings. The first-order valence-corrected chi connectivity index (χ1v) is 9.21. The number of hydrogen-bond donors (Lipinski definition) is 0. The van der Waals surface area contributed by atoms with E-state index in [0.29, 0.717) is 6.54 Å². The molecule has 3 nitrogen and oxygen atoms in total. The van der Waals surface area contributed by atoms with Gasteiger partial charge >= 0.3 is 6.09 Å². The largest absolute Gasteiger partial charge is 0.443 e. The summed E-state index contributed by atoms with van der Waals surface area (Å²) in [5.74, 6) is 0. The second-order valence-electron chi connectivity index (χ2n) is 7.21. The molecule has 1 amide bonds. The van der Waals surface area contributed by atoms with Crippen molar-refractivity contribution in [3.63, 3.8) is 0 Å². The van der Waals surface area contributed by atoms with E-state index in [-0.39, 0.29) is 6.09 Å². The molecule has 0 aromatic heterocycles. The summed E-state index contributed by atoms with van der Waals surface area (Å²) in [6, 6.07) is 8.89. The van der Waals surface area contributed by atoms with Gasteiger partial charge in [0.25, 0.3) is 0 Å². The zero-order chi connectivity index (χ0) is 17.6. The average molecular weight is 329 g/mol. The number of amides is 1. The predicted octanol–water partition coefficient (Wildman–Crippen LogP) is 5.44. The summed E-state index contributed by atoms with van der Waals surface area (Å²) < 4.78 is 5.58. The molecule has 0 spiro atoms. The van der Waals surface area contributed by atoms with E-state index in [4.69, 9.17) is 4.74 Å². The molecule has 0 atom stereocenters. The lowest BCUT2D eigenvalue weighted by molar-refractivity contribution is 0.0132. The Bertz CT molecular complexity index is 572. The van der Waals surface area contributed by atoms with Crippen molar-refractivity contribution in [2.45, 2.75) is 65.4 Å². The smallest absolute Gasteiger partial charge is 0.410 e. The van der Waals surface area contributed by atoms with E-state index < -0.39 is 5.60 Å². The Balaban J connectivity index is 1.94. The second-order valence-corrected chi connectivity index (χ2v) is 7.21. The highest BCUT2D eigenvalue weighted by molar-refractivity contribution is 5.72. The minimum absolute atomic E-state index is 0.202. The van der Waals surface area contributed by atoms with Crippen LogP contribution in [0.25, 0.3) is 5.57 Å². The van der Waals surface area contributed by atoms with Gasteiger partial charge < -0.3 is 9.64 Å². The third-order valence-corrected chi connectivity index (χ3v) is 4.83. The quantitative estimate of drug-likeness (QED) is 0.695. The van der Waals surface area contributed by atoms with Gasteiger partial charge in [-0.1, -0.05) is 50.6 Å². The lowest BCUT2D eigenvalue weighted by Gasteiger charge is -2.31. The summed E-state index contributed by atoms with van der Waals surface area (Å²) in [5.41, 5.74) is 3.62.